The van der Waals surface area contributed by atoms with E-state index in [1.165, 1.54) is 0 Å². The highest BCUT2D eigenvalue weighted by molar-refractivity contribution is 6.01. The molecule has 0 spiro atoms. The van der Waals surface area contributed by atoms with Crippen LogP contribution in [0.5, 0.6) is 11.5 Å². The molecular weight excluding hydrogens is 330 g/mol. The fourth-order valence-electron chi connectivity index (χ4n) is 2.94. The standard InChI is InChI=1S/C20H25N3O3/c1-14-8-4-5-9-15(14)25-13-7-6-12-23-18-16(10-11-17(21)22-18)26-20(2,3)19(23)24/h4-5,8-11H,6-7,12-13H2,1-3H3,(H2,21,22). The van der Waals surface area contributed by atoms with E-state index in [0.29, 0.717) is 30.5 Å². The molecule has 0 radical (unpaired) electrons. The number of benzene rings is 1. The first-order valence-corrected chi connectivity index (χ1v) is 8.84. The van der Waals surface area contributed by atoms with Crippen LogP contribution in [0.4, 0.5) is 11.6 Å². The molecule has 0 bridgehead atoms. The lowest BCUT2D eigenvalue weighted by atomic mass is 10.0. The topological polar surface area (TPSA) is 77.7 Å². The molecule has 1 aliphatic heterocycles. The summed E-state index contributed by atoms with van der Waals surface area (Å²) >= 11 is 0. The molecule has 0 atom stereocenters. The molecule has 6 nitrogen and oxygen atoms in total. The Morgan fingerprint density at radius 2 is 1.96 bits per heavy atom. The van der Waals surface area contributed by atoms with Gasteiger partial charge >= 0.3 is 0 Å². The zero-order valence-electron chi connectivity index (χ0n) is 15.5. The van der Waals surface area contributed by atoms with E-state index < -0.39 is 5.60 Å². The van der Waals surface area contributed by atoms with Gasteiger partial charge < -0.3 is 15.2 Å². The van der Waals surface area contributed by atoms with Crippen LogP contribution in [0, 0.1) is 6.92 Å². The summed E-state index contributed by atoms with van der Waals surface area (Å²) in [6.07, 6.45) is 1.63. The van der Waals surface area contributed by atoms with Gasteiger partial charge in [0.2, 0.25) is 0 Å². The first-order chi connectivity index (χ1) is 12.4. The van der Waals surface area contributed by atoms with Crippen molar-refractivity contribution in [3.8, 4) is 11.5 Å². The number of nitrogen functional groups attached to an aromatic ring is 1. The van der Waals surface area contributed by atoms with Gasteiger partial charge in [0.15, 0.2) is 17.2 Å². The Morgan fingerprint density at radius 3 is 2.73 bits per heavy atom. The Kier molecular flexibility index (Phi) is 5.02. The zero-order chi connectivity index (χ0) is 18.7. The van der Waals surface area contributed by atoms with Gasteiger partial charge in [0, 0.05) is 6.54 Å². The average Bonchev–Trinajstić information content (AvgIpc) is 2.60. The predicted octanol–water partition coefficient (Wildman–Crippen LogP) is 3.34. The van der Waals surface area contributed by atoms with Crippen LogP contribution in [0.3, 0.4) is 0 Å². The van der Waals surface area contributed by atoms with Gasteiger partial charge in [0.1, 0.15) is 11.6 Å². The Hall–Kier alpha value is -2.76. The van der Waals surface area contributed by atoms with Crippen molar-refractivity contribution in [2.24, 2.45) is 0 Å². The molecule has 26 heavy (non-hydrogen) atoms. The number of carbonyl (C=O) groups excluding carboxylic acids is 1. The summed E-state index contributed by atoms with van der Waals surface area (Å²) in [5.74, 6) is 2.24. The SMILES string of the molecule is Cc1ccccc1OCCCCN1C(=O)C(C)(C)Oc2ccc(N)nc21. The van der Waals surface area contributed by atoms with Crippen molar-refractivity contribution in [1.82, 2.24) is 4.98 Å². The van der Waals surface area contributed by atoms with Crippen LogP contribution in [0.2, 0.25) is 0 Å². The third-order valence-corrected chi connectivity index (χ3v) is 4.37. The first-order valence-electron chi connectivity index (χ1n) is 8.84. The number of para-hydroxylation sites is 1. The highest BCUT2D eigenvalue weighted by Crippen LogP contribution is 2.36. The third kappa shape index (κ3) is 3.74. The number of hydrogen-bond acceptors (Lipinski definition) is 5. The molecule has 6 heteroatoms. The highest BCUT2D eigenvalue weighted by atomic mass is 16.5. The van der Waals surface area contributed by atoms with Crippen molar-refractivity contribution in [2.75, 3.05) is 23.8 Å². The summed E-state index contributed by atoms with van der Waals surface area (Å²) in [5, 5.41) is 0. The van der Waals surface area contributed by atoms with E-state index in [2.05, 4.69) is 4.98 Å². The largest absolute Gasteiger partial charge is 0.493 e. The maximum absolute atomic E-state index is 12.7. The number of pyridine rings is 1. The summed E-state index contributed by atoms with van der Waals surface area (Å²) in [6, 6.07) is 11.4. The van der Waals surface area contributed by atoms with Crippen molar-refractivity contribution in [1.29, 1.82) is 0 Å². The normalized spacial score (nSPS) is 15.3. The Bertz CT molecular complexity index is 805. The molecule has 1 aromatic heterocycles. The molecule has 0 saturated carbocycles. The van der Waals surface area contributed by atoms with Gasteiger partial charge in [-0.05, 0) is 57.4 Å². The van der Waals surface area contributed by atoms with E-state index in [9.17, 15) is 4.79 Å². The summed E-state index contributed by atoms with van der Waals surface area (Å²) in [7, 11) is 0. The molecule has 0 saturated heterocycles. The van der Waals surface area contributed by atoms with Crippen molar-refractivity contribution < 1.29 is 14.3 Å². The number of rotatable bonds is 6. The number of hydrogen-bond donors (Lipinski definition) is 1. The van der Waals surface area contributed by atoms with Crippen LogP contribution < -0.4 is 20.1 Å². The van der Waals surface area contributed by atoms with Crippen LogP contribution >= 0.6 is 0 Å². The number of nitrogens with two attached hydrogens (primary N) is 1. The molecule has 3 rings (SSSR count). The second kappa shape index (κ2) is 7.23. The van der Waals surface area contributed by atoms with Gasteiger partial charge in [-0.2, -0.15) is 0 Å². The lowest BCUT2D eigenvalue weighted by molar-refractivity contribution is -0.132. The van der Waals surface area contributed by atoms with Gasteiger partial charge in [-0.25, -0.2) is 4.98 Å². The Labute approximate surface area is 153 Å². The number of anilines is 2. The number of nitrogens with zero attached hydrogens (tertiary/aromatic N) is 2. The minimum absolute atomic E-state index is 0.108. The average molecular weight is 355 g/mol. The lowest BCUT2D eigenvalue weighted by Crippen LogP contribution is -2.53. The molecule has 2 aromatic rings. The zero-order valence-corrected chi connectivity index (χ0v) is 15.5. The maximum atomic E-state index is 12.7. The fraction of sp³-hybridized carbons (Fsp3) is 0.400. The molecule has 0 aliphatic carbocycles. The molecule has 2 N–H and O–H groups in total. The maximum Gasteiger partial charge on any atom is 0.271 e. The summed E-state index contributed by atoms with van der Waals surface area (Å²) in [4.78, 5) is 18.7. The second-order valence-electron chi connectivity index (χ2n) is 6.95. The monoisotopic (exact) mass is 355 g/mol. The first kappa shape index (κ1) is 18.0. The molecule has 2 heterocycles. The van der Waals surface area contributed by atoms with Crippen LogP contribution in [-0.4, -0.2) is 29.6 Å². The van der Waals surface area contributed by atoms with Crippen molar-refractivity contribution in [2.45, 2.75) is 39.2 Å². The van der Waals surface area contributed by atoms with E-state index in [-0.39, 0.29) is 5.91 Å². The molecule has 138 valence electrons. The minimum Gasteiger partial charge on any atom is -0.493 e. The van der Waals surface area contributed by atoms with Crippen molar-refractivity contribution in [3.05, 3.63) is 42.0 Å². The molecule has 1 aliphatic rings. The number of fused-ring (bicyclic) bond motifs is 1. The molecule has 0 unspecified atom stereocenters. The number of ether oxygens (including phenoxy) is 2. The van der Waals surface area contributed by atoms with E-state index in [0.717, 1.165) is 24.2 Å². The quantitative estimate of drug-likeness (QED) is 0.804. The summed E-state index contributed by atoms with van der Waals surface area (Å²) < 4.78 is 11.6. The summed E-state index contributed by atoms with van der Waals surface area (Å²) in [6.45, 7) is 6.71. The number of carbonyl (C=O) groups is 1. The smallest absolute Gasteiger partial charge is 0.271 e. The van der Waals surface area contributed by atoms with Gasteiger partial charge in [0.25, 0.3) is 5.91 Å². The number of aryl methyl sites for hydroxylation is 1. The van der Waals surface area contributed by atoms with E-state index in [1.54, 1.807) is 30.9 Å². The van der Waals surface area contributed by atoms with E-state index in [4.69, 9.17) is 15.2 Å². The van der Waals surface area contributed by atoms with Crippen molar-refractivity contribution >= 4 is 17.5 Å². The number of unbranched alkanes of at least 4 members (excludes halogenated alkanes) is 1. The van der Waals surface area contributed by atoms with Gasteiger partial charge in [-0.15, -0.1) is 0 Å². The minimum atomic E-state index is -0.914. The lowest BCUT2D eigenvalue weighted by Gasteiger charge is -2.38. The number of amides is 1. The van der Waals surface area contributed by atoms with Crippen LogP contribution in [0.1, 0.15) is 32.3 Å². The molecular formula is C20H25N3O3. The molecule has 0 fully saturated rings. The molecule has 1 aromatic carbocycles. The molecule has 1 amide bonds. The number of aromatic nitrogens is 1. The van der Waals surface area contributed by atoms with Gasteiger partial charge in [0.05, 0.1) is 6.61 Å². The summed E-state index contributed by atoms with van der Waals surface area (Å²) in [5.41, 5.74) is 5.99. The van der Waals surface area contributed by atoms with Crippen molar-refractivity contribution in [3.63, 3.8) is 0 Å². The Balaban J connectivity index is 1.61. The fourth-order valence-corrected chi connectivity index (χ4v) is 2.94. The van der Waals surface area contributed by atoms with Crippen LogP contribution in [0.15, 0.2) is 36.4 Å². The predicted molar refractivity (Wildman–Crippen MR) is 102 cm³/mol. The van der Waals surface area contributed by atoms with Gasteiger partial charge in [-0.1, -0.05) is 18.2 Å². The third-order valence-electron chi connectivity index (χ3n) is 4.37. The highest BCUT2D eigenvalue weighted by Gasteiger charge is 2.41. The van der Waals surface area contributed by atoms with Gasteiger partial charge in [-0.3, -0.25) is 9.69 Å². The Morgan fingerprint density at radius 1 is 1.19 bits per heavy atom. The second-order valence-corrected chi connectivity index (χ2v) is 6.95. The van der Waals surface area contributed by atoms with Crippen LogP contribution in [-0.2, 0) is 4.79 Å². The van der Waals surface area contributed by atoms with E-state index in [1.807, 2.05) is 31.2 Å². The van der Waals surface area contributed by atoms with Crippen LogP contribution in [0.25, 0.3) is 0 Å². The van der Waals surface area contributed by atoms with E-state index >= 15 is 0 Å².